The molecule has 0 aliphatic carbocycles. The minimum atomic E-state index is -1.03. The molecule has 2 aromatic carbocycles. The summed E-state index contributed by atoms with van der Waals surface area (Å²) in [5, 5.41) is 11.1. The average Bonchev–Trinajstić information content (AvgIpc) is 2.55. The van der Waals surface area contributed by atoms with Crippen molar-refractivity contribution in [2.75, 3.05) is 14.2 Å². The molecule has 0 spiro atoms. The van der Waals surface area contributed by atoms with Crippen molar-refractivity contribution in [2.45, 2.75) is 12.8 Å². The Morgan fingerprint density at radius 3 is 2.32 bits per heavy atom. The van der Waals surface area contributed by atoms with Crippen LogP contribution in [0.15, 0.2) is 48.5 Å². The van der Waals surface area contributed by atoms with Crippen LogP contribution in [0.5, 0.6) is 0 Å². The summed E-state index contributed by atoms with van der Waals surface area (Å²) in [6.07, 6.45) is -1.42. The van der Waals surface area contributed by atoms with E-state index in [1.807, 2.05) is 48.5 Å². The van der Waals surface area contributed by atoms with Crippen LogP contribution in [0.4, 0.5) is 4.79 Å². The van der Waals surface area contributed by atoms with Crippen molar-refractivity contribution in [1.82, 2.24) is 5.32 Å². The first-order chi connectivity index (χ1) is 10.7. The lowest BCUT2D eigenvalue weighted by Gasteiger charge is -2.15. The van der Waals surface area contributed by atoms with Gasteiger partial charge in [0, 0.05) is 26.3 Å². The van der Waals surface area contributed by atoms with Crippen LogP contribution in [-0.2, 0) is 16.0 Å². The third-order valence-corrected chi connectivity index (χ3v) is 3.37. The minimum absolute atomic E-state index is 0.270. The van der Waals surface area contributed by atoms with Crippen molar-refractivity contribution in [3.05, 3.63) is 59.7 Å². The van der Waals surface area contributed by atoms with Crippen LogP contribution < -0.4 is 5.32 Å². The summed E-state index contributed by atoms with van der Waals surface area (Å²) in [5.41, 5.74) is 3.86. The van der Waals surface area contributed by atoms with Gasteiger partial charge in [0.1, 0.15) is 0 Å². The van der Waals surface area contributed by atoms with Crippen LogP contribution in [0, 0.1) is 0 Å². The van der Waals surface area contributed by atoms with E-state index < -0.39 is 12.4 Å². The summed E-state index contributed by atoms with van der Waals surface area (Å²) in [5.74, 6) is 0. The van der Waals surface area contributed by atoms with Crippen LogP contribution in [0.25, 0.3) is 11.1 Å². The van der Waals surface area contributed by atoms with E-state index in [4.69, 9.17) is 14.6 Å². The molecule has 22 heavy (non-hydrogen) atoms. The Labute approximate surface area is 129 Å². The molecule has 0 aliphatic rings. The Balaban J connectivity index is 2.26. The molecule has 0 atom stereocenters. The lowest BCUT2D eigenvalue weighted by Crippen LogP contribution is -2.20. The number of rotatable bonds is 6. The summed E-state index contributed by atoms with van der Waals surface area (Å²) in [4.78, 5) is 10.7. The van der Waals surface area contributed by atoms with Gasteiger partial charge in [0.25, 0.3) is 0 Å². The summed E-state index contributed by atoms with van der Waals surface area (Å²) >= 11 is 0. The molecule has 0 heterocycles. The first-order valence-electron chi connectivity index (χ1n) is 6.86. The zero-order chi connectivity index (χ0) is 15.9. The Hall–Kier alpha value is -2.37. The van der Waals surface area contributed by atoms with E-state index in [1.54, 1.807) is 14.2 Å². The van der Waals surface area contributed by atoms with Gasteiger partial charge in [-0.05, 0) is 16.7 Å². The Morgan fingerprint density at radius 1 is 1.09 bits per heavy atom. The maximum Gasteiger partial charge on any atom is 0.404 e. The number of carbonyl (C=O) groups is 1. The molecule has 1 amide bonds. The van der Waals surface area contributed by atoms with Gasteiger partial charge in [-0.15, -0.1) is 0 Å². The molecule has 5 heteroatoms. The second kappa shape index (κ2) is 7.59. The molecule has 0 aliphatic heterocycles. The monoisotopic (exact) mass is 301 g/mol. The highest BCUT2D eigenvalue weighted by molar-refractivity contribution is 5.69. The molecule has 116 valence electrons. The highest BCUT2D eigenvalue weighted by Gasteiger charge is 2.10. The van der Waals surface area contributed by atoms with E-state index in [2.05, 4.69) is 5.32 Å². The fourth-order valence-electron chi connectivity index (χ4n) is 2.32. The second-order valence-electron chi connectivity index (χ2n) is 4.74. The van der Waals surface area contributed by atoms with Gasteiger partial charge < -0.3 is 19.9 Å². The van der Waals surface area contributed by atoms with Crippen LogP contribution in [-0.4, -0.2) is 25.4 Å². The van der Waals surface area contributed by atoms with Gasteiger partial charge in [-0.25, -0.2) is 4.79 Å². The predicted octanol–water partition coefficient (Wildman–Crippen LogP) is 3.41. The van der Waals surface area contributed by atoms with Gasteiger partial charge in [0.2, 0.25) is 0 Å². The van der Waals surface area contributed by atoms with E-state index in [0.717, 1.165) is 22.3 Å². The molecule has 2 aromatic rings. The quantitative estimate of drug-likeness (QED) is 0.802. The van der Waals surface area contributed by atoms with Crippen LogP contribution in [0.1, 0.15) is 17.4 Å². The molecule has 0 bridgehead atoms. The van der Waals surface area contributed by atoms with Crippen molar-refractivity contribution >= 4 is 6.09 Å². The SMILES string of the molecule is COC(OC)c1ccc(-c2ccccc2CNC(=O)O)cc1. The highest BCUT2D eigenvalue weighted by Crippen LogP contribution is 2.26. The zero-order valence-corrected chi connectivity index (χ0v) is 12.6. The Morgan fingerprint density at radius 2 is 1.73 bits per heavy atom. The predicted molar refractivity (Wildman–Crippen MR) is 83.5 cm³/mol. The molecule has 2 rings (SSSR count). The van der Waals surface area contributed by atoms with Crippen LogP contribution in [0.3, 0.4) is 0 Å². The molecule has 0 aromatic heterocycles. The number of ether oxygens (including phenoxy) is 2. The maximum absolute atomic E-state index is 10.7. The molecule has 0 saturated heterocycles. The maximum atomic E-state index is 10.7. The average molecular weight is 301 g/mol. The van der Waals surface area contributed by atoms with Gasteiger partial charge in [-0.1, -0.05) is 48.5 Å². The number of amides is 1. The smallest absolute Gasteiger partial charge is 0.404 e. The second-order valence-corrected chi connectivity index (χ2v) is 4.74. The van der Waals surface area contributed by atoms with E-state index >= 15 is 0 Å². The molecular weight excluding hydrogens is 282 g/mol. The molecule has 5 nitrogen and oxygen atoms in total. The third kappa shape index (κ3) is 3.84. The number of methoxy groups -OCH3 is 2. The van der Waals surface area contributed by atoms with Crippen LogP contribution >= 0.6 is 0 Å². The molecule has 2 N–H and O–H groups in total. The summed E-state index contributed by atoms with van der Waals surface area (Å²) < 4.78 is 10.4. The van der Waals surface area contributed by atoms with Crippen molar-refractivity contribution in [1.29, 1.82) is 0 Å². The normalized spacial score (nSPS) is 10.7. The fraction of sp³-hybridized carbons (Fsp3) is 0.235. The van der Waals surface area contributed by atoms with Gasteiger partial charge in [-0.3, -0.25) is 0 Å². The van der Waals surface area contributed by atoms with Gasteiger partial charge in [-0.2, -0.15) is 0 Å². The molecule has 0 fully saturated rings. The number of hydrogen-bond donors (Lipinski definition) is 2. The topological polar surface area (TPSA) is 67.8 Å². The lowest BCUT2D eigenvalue weighted by atomic mass is 9.98. The third-order valence-electron chi connectivity index (χ3n) is 3.37. The number of hydrogen-bond acceptors (Lipinski definition) is 3. The van der Waals surface area contributed by atoms with Gasteiger partial charge in [0.05, 0.1) is 0 Å². The molecular formula is C17H19NO4. The van der Waals surface area contributed by atoms with Gasteiger partial charge >= 0.3 is 6.09 Å². The first kappa shape index (κ1) is 16.0. The zero-order valence-electron chi connectivity index (χ0n) is 12.6. The fourth-order valence-corrected chi connectivity index (χ4v) is 2.32. The van der Waals surface area contributed by atoms with E-state index in [-0.39, 0.29) is 6.54 Å². The minimum Gasteiger partial charge on any atom is -0.465 e. The highest BCUT2D eigenvalue weighted by atomic mass is 16.7. The summed E-state index contributed by atoms with van der Waals surface area (Å²) in [6.45, 7) is 0.270. The first-order valence-corrected chi connectivity index (χ1v) is 6.86. The Bertz CT molecular complexity index is 621. The van der Waals surface area contributed by atoms with E-state index in [9.17, 15) is 4.79 Å². The lowest BCUT2D eigenvalue weighted by molar-refractivity contribution is -0.106. The van der Waals surface area contributed by atoms with Crippen molar-refractivity contribution < 1.29 is 19.4 Å². The van der Waals surface area contributed by atoms with E-state index in [1.165, 1.54) is 0 Å². The van der Waals surface area contributed by atoms with Gasteiger partial charge in [0.15, 0.2) is 6.29 Å². The number of carboxylic acid groups (broad SMARTS) is 1. The molecule has 0 radical (unpaired) electrons. The number of benzene rings is 2. The Kier molecular flexibility index (Phi) is 5.52. The van der Waals surface area contributed by atoms with Crippen molar-refractivity contribution in [3.63, 3.8) is 0 Å². The summed E-state index contributed by atoms with van der Waals surface area (Å²) in [6, 6.07) is 15.5. The summed E-state index contributed by atoms with van der Waals surface area (Å²) in [7, 11) is 3.18. The van der Waals surface area contributed by atoms with Crippen LogP contribution in [0.2, 0.25) is 0 Å². The largest absolute Gasteiger partial charge is 0.465 e. The van der Waals surface area contributed by atoms with E-state index in [0.29, 0.717) is 0 Å². The van der Waals surface area contributed by atoms with Crippen molar-refractivity contribution in [2.24, 2.45) is 0 Å². The molecule has 0 saturated carbocycles. The number of nitrogens with one attached hydrogen (secondary N) is 1. The van der Waals surface area contributed by atoms with Crippen molar-refractivity contribution in [3.8, 4) is 11.1 Å². The molecule has 0 unspecified atom stereocenters. The standard InChI is InChI=1S/C17H19NO4/c1-21-16(22-2)13-9-7-12(8-10-13)15-6-4-3-5-14(15)11-18-17(19)20/h3-10,16,18H,11H2,1-2H3,(H,19,20).